The number of ether oxygens (including phenoxy) is 1. The maximum atomic E-state index is 5.91. The number of halogens is 1. The standard InChI is InChI=1S/C14H18ClN3O2/c1-9(2)16-8-13-17-14(20-18-13)10(3)19-12-6-4-5-11(15)7-12/h4-7,9-10,16H,8H2,1-3H3. The number of rotatable bonds is 6. The Balaban J connectivity index is 1.97. The number of aromatic nitrogens is 2. The van der Waals surface area contributed by atoms with Gasteiger partial charge in [0.05, 0.1) is 6.54 Å². The van der Waals surface area contributed by atoms with Crippen LogP contribution in [0.5, 0.6) is 5.75 Å². The molecule has 0 aliphatic rings. The van der Waals surface area contributed by atoms with E-state index in [-0.39, 0.29) is 6.10 Å². The number of nitrogens with one attached hydrogen (secondary N) is 1. The van der Waals surface area contributed by atoms with Gasteiger partial charge in [-0.15, -0.1) is 0 Å². The molecule has 5 nitrogen and oxygen atoms in total. The molecule has 20 heavy (non-hydrogen) atoms. The third-order valence-electron chi connectivity index (χ3n) is 2.61. The highest BCUT2D eigenvalue weighted by atomic mass is 35.5. The van der Waals surface area contributed by atoms with Crippen molar-refractivity contribution in [3.63, 3.8) is 0 Å². The summed E-state index contributed by atoms with van der Waals surface area (Å²) >= 11 is 5.91. The lowest BCUT2D eigenvalue weighted by Crippen LogP contribution is -2.22. The van der Waals surface area contributed by atoms with E-state index in [0.717, 1.165) is 0 Å². The molecule has 1 aromatic carbocycles. The minimum atomic E-state index is -0.325. The minimum absolute atomic E-state index is 0.325. The molecule has 1 unspecified atom stereocenters. The molecule has 0 saturated carbocycles. The molecular weight excluding hydrogens is 278 g/mol. The maximum absolute atomic E-state index is 5.91. The topological polar surface area (TPSA) is 60.2 Å². The van der Waals surface area contributed by atoms with Crippen molar-refractivity contribution in [1.29, 1.82) is 0 Å². The van der Waals surface area contributed by atoms with E-state index in [4.69, 9.17) is 20.9 Å². The van der Waals surface area contributed by atoms with Crippen molar-refractivity contribution in [2.24, 2.45) is 0 Å². The van der Waals surface area contributed by atoms with Gasteiger partial charge in [0.1, 0.15) is 5.75 Å². The van der Waals surface area contributed by atoms with Crippen LogP contribution in [-0.2, 0) is 6.54 Å². The summed E-state index contributed by atoms with van der Waals surface area (Å²) in [7, 11) is 0. The van der Waals surface area contributed by atoms with Gasteiger partial charge in [0.15, 0.2) is 11.9 Å². The smallest absolute Gasteiger partial charge is 0.267 e. The number of hydrogen-bond donors (Lipinski definition) is 1. The fraction of sp³-hybridized carbons (Fsp3) is 0.429. The fourth-order valence-electron chi connectivity index (χ4n) is 1.59. The molecule has 1 aromatic heterocycles. The molecular formula is C14H18ClN3O2. The zero-order valence-corrected chi connectivity index (χ0v) is 12.5. The van der Waals surface area contributed by atoms with E-state index >= 15 is 0 Å². The van der Waals surface area contributed by atoms with Crippen molar-refractivity contribution < 1.29 is 9.26 Å². The van der Waals surface area contributed by atoms with Crippen LogP contribution in [0, 0.1) is 0 Å². The minimum Gasteiger partial charge on any atom is -0.481 e. The molecule has 0 aliphatic carbocycles. The molecule has 0 radical (unpaired) electrons. The van der Waals surface area contributed by atoms with E-state index < -0.39 is 0 Å². The molecule has 108 valence electrons. The van der Waals surface area contributed by atoms with Gasteiger partial charge in [0.25, 0.3) is 5.89 Å². The van der Waals surface area contributed by atoms with Crippen LogP contribution in [0.2, 0.25) is 5.02 Å². The Kier molecular flexibility index (Phi) is 4.98. The van der Waals surface area contributed by atoms with Crippen LogP contribution in [0.3, 0.4) is 0 Å². The van der Waals surface area contributed by atoms with E-state index in [1.165, 1.54) is 0 Å². The van der Waals surface area contributed by atoms with Crippen LogP contribution in [0.15, 0.2) is 28.8 Å². The van der Waals surface area contributed by atoms with Crippen molar-refractivity contribution >= 4 is 11.6 Å². The highest BCUT2D eigenvalue weighted by Crippen LogP contribution is 2.23. The Hall–Kier alpha value is -1.59. The van der Waals surface area contributed by atoms with Crippen LogP contribution in [0.4, 0.5) is 0 Å². The summed E-state index contributed by atoms with van der Waals surface area (Å²) in [4.78, 5) is 4.30. The molecule has 0 spiro atoms. The quantitative estimate of drug-likeness (QED) is 0.885. The number of hydrogen-bond acceptors (Lipinski definition) is 5. The molecule has 1 atom stereocenters. The third kappa shape index (κ3) is 4.21. The summed E-state index contributed by atoms with van der Waals surface area (Å²) in [6.07, 6.45) is -0.325. The average molecular weight is 296 g/mol. The summed E-state index contributed by atoms with van der Waals surface area (Å²) in [5.74, 6) is 1.74. The monoisotopic (exact) mass is 295 g/mol. The first kappa shape index (κ1) is 14.8. The van der Waals surface area contributed by atoms with E-state index in [1.807, 2.05) is 19.1 Å². The summed E-state index contributed by atoms with van der Waals surface area (Å²) in [5, 5.41) is 7.77. The molecule has 1 heterocycles. The summed E-state index contributed by atoms with van der Waals surface area (Å²) in [6.45, 7) is 6.55. The number of nitrogens with zero attached hydrogens (tertiary/aromatic N) is 2. The van der Waals surface area contributed by atoms with Crippen LogP contribution in [0.1, 0.15) is 38.6 Å². The highest BCUT2D eigenvalue weighted by Gasteiger charge is 2.16. The Morgan fingerprint density at radius 3 is 2.85 bits per heavy atom. The Morgan fingerprint density at radius 1 is 1.35 bits per heavy atom. The van der Waals surface area contributed by atoms with Crippen molar-refractivity contribution in [1.82, 2.24) is 15.5 Å². The van der Waals surface area contributed by atoms with Gasteiger partial charge in [-0.3, -0.25) is 0 Å². The highest BCUT2D eigenvalue weighted by molar-refractivity contribution is 6.30. The molecule has 0 fully saturated rings. The zero-order chi connectivity index (χ0) is 14.5. The van der Waals surface area contributed by atoms with Crippen molar-refractivity contribution in [3.8, 4) is 5.75 Å². The van der Waals surface area contributed by atoms with Gasteiger partial charge in [-0.05, 0) is 25.1 Å². The maximum Gasteiger partial charge on any atom is 0.267 e. The Morgan fingerprint density at radius 2 is 2.15 bits per heavy atom. The molecule has 0 saturated heterocycles. The van der Waals surface area contributed by atoms with E-state index in [2.05, 4.69) is 29.3 Å². The van der Waals surface area contributed by atoms with Crippen LogP contribution >= 0.6 is 11.6 Å². The molecule has 1 N–H and O–H groups in total. The van der Waals surface area contributed by atoms with E-state index in [1.54, 1.807) is 12.1 Å². The lowest BCUT2D eigenvalue weighted by molar-refractivity contribution is 0.175. The largest absolute Gasteiger partial charge is 0.481 e. The van der Waals surface area contributed by atoms with Gasteiger partial charge >= 0.3 is 0 Å². The van der Waals surface area contributed by atoms with Gasteiger partial charge < -0.3 is 14.6 Å². The zero-order valence-electron chi connectivity index (χ0n) is 11.8. The predicted molar refractivity (Wildman–Crippen MR) is 76.8 cm³/mol. The molecule has 0 aliphatic heterocycles. The summed E-state index contributed by atoms with van der Waals surface area (Å²) < 4.78 is 10.9. The lowest BCUT2D eigenvalue weighted by Gasteiger charge is -2.10. The third-order valence-corrected chi connectivity index (χ3v) is 2.84. The first-order valence-electron chi connectivity index (χ1n) is 6.52. The van der Waals surface area contributed by atoms with Crippen LogP contribution in [0.25, 0.3) is 0 Å². The van der Waals surface area contributed by atoms with Crippen molar-refractivity contribution in [2.75, 3.05) is 0 Å². The van der Waals surface area contributed by atoms with Crippen molar-refractivity contribution in [3.05, 3.63) is 41.0 Å². The Bertz CT molecular complexity index is 557. The molecule has 2 aromatic rings. The van der Waals surface area contributed by atoms with Gasteiger partial charge in [-0.25, -0.2) is 0 Å². The average Bonchev–Trinajstić information content (AvgIpc) is 2.85. The van der Waals surface area contributed by atoms with Crippen LogP contribution in [-0.4, -0.2) is 16.2 Å². The van der Waals surface area contributed by atoms with Gasteiger partial charge in [0.2, 0.25) is 0 Å². The SMILES string of the molecule is CC(C)NCc1noc(C(C)Oc2cccc(Cl)c2)n1. The van der Waals surface area contributed by atoms with E-state index in [0.29, 0.717) is 35.1 Å². The fourth-order valence-corrected chi connectivity index (χ4v) is 1.77. The second-order valence-electron chi connectivity index (χ2n) is 4.80. The van der Waals surface area contributed by atoms with Crippen LogP contribution < -0.4 is 10.1 Å². The second-order valence-corrected chi connectivity index (χ2v) is 5.24. The molecule has 6 heteroatoms. The van der Waals surface area contributed by atoms with Gasteiger partial charge in [-0.1, -0.05) is 36.7 Å². The first-order chi connectivity index (χ1) is 9.54. The van der Waals surface area contributed by atoms with Gasteiger partial charge in [0, 0.05) is 11.1 Å². The van der Waals surface area contributed by atoms with Gasteiger partial charge in [-0.2, -0.15) is 4.98 Å². The predicted octanol–water partition coefficient (Wildman–Crippen LogP) is 3.36. The van der Waals surface area contributed by atoms with E-state index in [9.17, 15) is 0 Å². The lowest BCUT2D eigenvalue weighted by atomic mass is 10.3. The first-order valence-corrected chi connectivity index (χ1v) is 6.90. The molecule has 2 rings (SSSR count). The normalized spacial score (nSPS) is 12.7. The Labute approximate surface area is 123 Å². The number of benzene rings is 1. The van der Waals surface area contributed by atoms with Crippen molar-refractivity contribution in [2.45, 2.75) is 39.5 Å². The summed E-state index contributed by atoms with van der Waals surface area (Å²) in [6, 6.07) is 7.57. The molecule has 0 bridgehead atoms. The summed E-state index contributed by atoms with van der Waals surface area (Å²) in [5.41, 5.74) is 0. The molecule has 0 amide bonds. The second kappa shape index (κ2) is 6.72.